The van der Waals surface area contributed by atoms with Crippen LogP contribution in [0, 0.1) is 16.4 Å². The molecule has 1 N–H and O–H groups in total. The van der Waals surface area contributed by atoms with Gasteiger partial charge in [0.15, 0.2) is 0 Å². The van der Waals surface area contributed by atoms with Crippen molar-refractivity contribution in [1.82, 2.24) is 9.97 Å². The molecule has 0 saturated heterocycles. The molecule has 2 heterocycles. The number of carbonyl (C=O) groups is 1. The first kappa shape index (κ1) is 12.7. The van der Waals surface area contributed by atoms with E-state index in [0.717, 1.165) is 20.0 Å². The second-order valence-electron chi connectivity index (χ2n) is 4.65. The number of nitrogens with one attached hydrogen (secondary N) is 1. The first-order chi connectivity index (χ1) is 9.06. The van der Waals surface area contributed by atoms with Gasteiger partial charge >= 0.3 is 0 Å². The van der Waals surface area contributed by atoms with Crippen LogP contribution in [0.3, 0.4) is 0 Å². The third kappa shape index (κ3) is 2.41. The summed E-state index contributed by atoms with van der Waals surface area (Å²) in [6, 6.07) is 1.80. The number of alkyl halides is 1. The summed E-state index contributed by atoms with van der Waals surface area (Å²) in [4.78, 5) is 20.1. The van der Waals surface area contributed by atoms with E-state index in [-0.39, 0.29) is 5.91 Å². The van der Waals surface area contributed by atoms with Gasteiger partial charge in [-0.1, -0.05) is 0 Å². The zero-order valence-corrected chi connectivity index (χ0v) is 12.3. The van der Waals surface area contributed by atoms with Gasteiger partial charge in [0, 0.05) is 32.4 Å². The normalized spacial score (nSPS) is 21.4. The van der Waals surface area contributed by atoms with Crippen LogP contribution in [-0.2, 0) is 4.79 Å². The number of amides is 1. The molecular weight excluding hydrogens is 360 g/mol. The zero-order valence-electron chi connectivity index (χ0n) is 10.2. The van der Waals surface area contributed by atoms with Crippen molar-refractivity contribution < 1.29 is 9.18 Å². The molecule has 0 aliphatic heterocycles. The molecule has 0 unspecified atom stereocenters. The first-order valence-electron chi connectivity index (χ1n) is 5.92. The minimum Gasteiger partial charge on any atom is -0.310 e. The number of carbonyl (C=O) groups excluding carboxylic acids is 1. The molecule has 1 fully saturated rings. The van der Waals surface area contributed by atoms with Crippen molar-refractivity contribution >= 4 is 45.1 Å². The average molecular weight is 371 g/mol. The number of anilines is 1. The smallest absolute Gasteiger partial charge is 0.231 e. The van der Waals surface area contributed by atoms with Gasteiger partial charge in [-0.05, 0) is 42.0 Å². The van der Waals surface area contributed by atoms with E-state index in [1.165, 1.54) is 0 Å². The quantitative estimate of drug-likeness (QED) is 0.827. The highest BCUT2D eigenvalue weighted by molar-refractivity contribution is 14.1. The summed E-state index contributed by atoms with van der Waals surface area (Å²) in [5.74, 6) is -0.337. The Balaban J connectivity index is 1.93. The molecule has 0 radical (unpaired) electrons. The summed E-state index contributed by atoms with van der Waals surface area (Å²) in [6.07, 6.45) is 2.80. The zero-order chi connectivity index (χ0) is 13.6. The Morgan fingerprint density at radius 1 is 1.42 bits per heavy atom. The van der Waals surface area contributed by atoms with Gasteiger partial charge in [0.25, 0.3) is 0 Å². The Hall–Kier alpha value is -1.31. The van der Waals surface area contributed by atoms with Gasteiger partial charge < -0.3 is 5.32 Å². The third-order valence-electron chi connectivity index (χ3n) is 3.22. The van der Waals surface area contributed by atoms with Gasteiger partial charge in [-0.15, -0.1) is 0 Å². The second-order valence-corrected chi connectivity index (χ2v) is 5.82. The minimum atomic E-state index is -0.993. The molecule has 0 bridgehead atoms. The van der Waals surface area contributed by atoms with Crippen LogP contribution in [0.15, 0.2) is 18.5 Å². The standard InChI is InChI=1S/C13H11FIN3O/c1-6-9-4-17-12(3-7(9)11(15)5-16-6)18-13(19)8-2-10(8)14/h3-5,8,10H,2H2,1H3,(H,17,18,19)/t8-,10+/m1/s1. The topological polar surface area (TPSA) is 54.9 Å². The van der Waals surface area contributed by atoms with E-state index >= 15 is 0 Å². The van der Waals surface area contributed by atoms with Crippen molar-refractivity contribution in [2.24, 2.45) is 5.92 Å². The number of aromatic nitrogens is 2. The number of fused-ring (bicyclic) bond motifs is 1. The molecule has 98 valence electrons. The molecule has 1 amide bonds. The predicted molar refractivity (Wildman–Crippen MR) is 78.6 cm³/mol. The van der Waals surface area contributed by atoms with Gasteiger partial charge in [0.2, 0.25) is 5.91 Å². The number of aryl methyl sites for hydroxylation is 1. The summed E-state index contributed by atoms with van der Waals surface area (Å²) in [7, 11) is 0. The van der Waals surface area contributed by atoms with Crippen LogP contribution in [-0.4, -0.2) is 22.0 Å². The van der Waals surface area contributed by atoms with Crippen molar-refractivity contribution in [3.05, 3.63) is 27.7 Å². The fraction of sp³-hybridized carbons (Fsp3) is 0.308. The maximum absolute atomic E-state index is 12.8. The van der Waals surface area contributed by atoms with Crippen LogP contribution >= 0.6 is 22.6 Å². The van der Waals surface area contributed by atoms with Crippen LogP contribution in [0.1, 0.15) is 12.1 Å². The molecule has 2 atom stereocenters. The SMILES string of the molecule is Cc1ncc(I)c2cc(NC(=O)[C@@H]3C[C@@H]3F)ncc12. The maximum Gasteiger partial charge on any atom is 0.231 e. The van der Waals surface area contributed by atoms with Crippen molar-refractivity contribution in [2.45, 2.75) is 19.5 Å². The van der Waals surface area contributed by atoms with Crippen LogP contribution < -0.4 is 5.32 Å². The molecule has 1 aliphatic rings. The van der Waals surface area contributed by atoms with Crippen molar-refractivity contribution in [1.29, 1.82) is 0 Å². The van der Waals surface area contributed by atoms with Crippen LogP contribution in [0.25, 0.3) is 10.8 Å². The van der Waals surface area contributed by atoms with Crippen molar-refractivity contribution in [3.8, 4) is 0 Å². The van der Waals surface area contributed by atoms with Gasteiger partial charge in [0.05, 0.1) is 5.92 Å². The van der Waals surface area contributed by atoms with Gasteiger partial charge in [-0.3, -0.25) is 9.78 Å². The van der Waals surface area contributed by atoms with Crippen LogP contribution in [0.4, 0.5) is 10.2 Å². The molecule has 3 rings (SSSR count). The monoisotopic (exact) mass is 371 g/mol. The fourth-order valence-corrected chi connectivity index (χ4v) is 2.54. The number of nitrogens with zero attached hydrogens (tertiary/aromatic N) is 2. The van der Waals surface area contributed by atoms with Crippen LogP contribution in [0.2, 0.25) is 0 Å². The average Bonchev–Trinajstić information content (AvgIpc) is 3.11. The van der Waals surface area contributed by atoms with E-state index in [0.29, 0.717) is 12.2 Å². The van der Waals surface area contributed by atoms with Gasteiger partial charge in [0.1, 0.15) is 12.0 Å². The van der Waals surface area contributed by atoms with E-state index < -0.39 is 12.1 Å². The predicted octanol–water partition coefficient (Wildman–Crippen LogP) is 2.84. The van der Waals surface area contributed by atoms with Gasteiger partial charge in [-0.2, -0.15) is 0 Å². The van der Waals surface area contributed by atoms with E-state index in [2.05, 4.69) is 37.9 Å². The summed E-state index contributed by atoms with van der Waals surface area (Å²) >= 11 is 2.19. The summed E-state index contributed by atoms with van der Waals surface area (Å²) in [5.41, 5.74) is 0.895. The Morgan fingerprint density at radius 2 is 2.16 bits per heavy atom. The Labute approximate surface area is 123 Å². The maximum atomic E-state index is 12.8. The number of hydrogen-bond donors (Lipinski definition) is 1. The summed E-state index contributed by atoms with van der Waals surface area (Å²) in [6.45, 7) is 1.91. The second kappa shape index (κ2) is 4.66. The van der Waals surface area contributed by atoms with Gasteiger partial charge in [-0.25, -0.2) is 9.37 Å². The Morgan fingerprint density at radius 3 is 2.84 bits per heavy atom. The Kier molecular flexibility index (Phi) is 3.12. The number of rotatable bonds is 2. The highest BCUT2D eigenvalue weighted by Crippen LogP contribution is 2.34. The minimum absolute atomic E-state index is 0.292. The highest BCUT2D eigenvalue weighted by atomic mass is 127. The molecule has 1 saturated carbocycles. The molecule has 6 heteroatoms. The first-order valence-corrected chi connectivity index (χ1v) is 7.00. The lowest BCUT2D eigenvalue weighted by atomic mass is 10.2. The summed E-state index contributed by atoms with van der Waals surface area (Å²) < 4.78 is 13.8. The van der Waals surface area contributed by atoms with Crippen LogP contribution in [0.5, 0.6) is 0 Å². The number of halogens is 2. The third-order valence-corrected chi connectivity index (χ3v) is 4.08. The Bertz CT molecular complexity index is 676. The molecule has 0 aromatic carbocycles. The molecule has 19 heavy (non-hydrogen) atoms. The van der Waals surface area contributed by atoms with Crippen molar-refractivity contribution in [3.63, 3.8) is 0 Å². The molecule has 0 spiro atoms. The lowest BCUT2D eigenvalue weighted by Gasteiger charge is -2.07. The molecule has 1 aliphatic carbocycles. The lowest BCUT2D eigenvalue weighted by Crippen LogP contribution is -2.15. The number of pyridine rings is 2. The summed E-state index contributed by atoms with van der Waals surface area (Å²) in [5, 5.41) is 4.61. The number of hydrogen-bond acceptors (Lipinski definition) is 3. The largest absolute Gasteiger partial charge is 0.310 e. The van der Waals surface area contributed by atoms with E-state index in [4.69, 9.17) is 0 Å². The lowest BCUT2D eigenvalue weighted by molar-refractivity contribution is -0.117. The van der Waals surface area contributed by atoms with Crippen molar-refractivity contribution in [2.75, 3.05) is 5.32 Å². The molecule has 2 aromatic heterocycles. The van der Waals surface area contributed by atoms with E-state index in [1.54, 1.807) is 18.5 Å². The highest BCUT2D eigenvalue weighted by Gasteiger charge is 2.43. The van der Waals surface area contributed by atoms with E-state index in [1.807, 2.05) is 6.92 Å². The molecular formula is C13H11FIN3O. The molecule has 4 nitrogen and oxygen atoms in total. The fourth-order valence-electron chi connectivity index (χ4n) is 1.96. The molecule has 2 aromatic rings. The van der Waals surface area contributed by atoms with E-state index in [9.17, 15) is 9.18 Å².